The highest BCUT2D eigenvalue weighted by Crippen LogP contribution is 2.14. The van der Waals surface area contributed by atoms with Gasteiger partial charge in [-0.25, -0.2) is 4.98 Å². The Balaban J connectivity index is 2.79. The molecule has 0 aliphatic rings. The second kappa shape index (κ2) is 3.38. The Hall–Kier alpha value is -1.84. The minimum Gasteiger partial charge on any atom is -0.399 e. The van der Waals surface area contributed by atoms with Gasteiger partial charge in [0.05, 0.1) is 10.9 Å². The van der Waals surface area contributed by atoms with Crippen LogP contribution in [0.5, 0.6) is 0 Å². The van der Waals surface area contributed by atoms with E-state index in [4.69, 9.17) is 5.73 Å². The van der Waals surface area contributed by atoms with Gasteiger partial charge < -0.3 is 10.7 Å². The Morgan fingerprint density at radius 3 is 2.80 bits per heavy atom. The van der Waals surface area contributed by atoms with E-state index in [-0.39, 0.29) is 11.5 Å². The number of hydrogen-bond donors (Lipinski definition) is 2. The van der Waals surface area contributed by atoms with E-state index in [2.05, 4.69) is 9.97 Å². The smallest absolute Gasteiger partial charge is 0.258 e. The molecule has 0 bridgehead atoms. The summed E-state index contributed by atoms with van der Waals surface area (Å²) in [5.41, 5.74) is 6.75. The highest BCUT2D eigenvalue weighted by Gasteiger charge is 2.06. The van der Waals surface area contributed by atoms with Crippen molar-refractivity contribution in [2.45, 2.75) is 19.8 Å². The topological polar surface area (TPSA) is 71.8 Å². The van der Waals surface area contributed by atoms with Crippen molar-refractivity contribution in [3.63, 3.8) is 0 Å². The van der Waals surface area contributed by atoms with Crippen molar-refractivity contribution in [2.24, 2.45) is 0 Å². The van der Waals surface area contributed by atoms with Gasteiger partial charge in [0.25, 0.3) is 5.56 Å². The van der Waals surface area contributed by atoms with E-state index in [1.807, 2.05) is 13.8 Å². The number of nitrogen functional groups attached to an aromatic ring is 1. The molecule has 1 aromatic carbocycles. The number of benzene rings is 1. The van der Waals surface area contributed by atoms with E-state index in [0.717, 1.165) is 0 Å². The number of rotatable bonds is 1. The summed E-state index contributed by atoms with van der Waals surface area (Å²) in [5, 5.41) is 0.541. The van der Waals surface area contributed by atoms with E-state index in [1.54, 1.807) is 18.2 Å². The van der Waals surface area contributed by atoms with Gasteiger partial charge in [0.2, 0.25) is 0 Å². The van der Waals surface area contributed by atoms with Crippen LogP contribution >= 0.6 is 0 Å². The summed E-state index contributed by atoms with van der Waals surface area (Å²) in [4.78, 5) is 18.8. The first kappa shape index (κ1) is 9.71. The number of nitrogens with one attached hydrogen (secondary N) is 1. The van der Waals surface area contributed by atoms with Gasteiger partial charge in [0, 0.05) is 11.6 Å². The summed E-state index contributed by atoms with van der Waals surface area (Å²) < 4.78 is 0. The summed E-state index contributed by atoms with van der Waals surface area (Å²) in [6, 6.07) is 5.16. The lowest BCUT2D eigenvalue weighted by Crippen LogP contribution is -2.13. The van der Waals surface area contributed by atoms with Crippen LogP contribution in [0.2, 0.25) is 0 Å². The van der Waals surface area contributed by atoms with Gasteiger partial charge >= 0.3 is 0 Å². The Labute approximate surface area is 87.1 Å². The van der Waals surface area contributed by atoms with Crippen LogP contribution in [0.25, 0.3) is 10.9 Å². The summed E-state index contributed by atoms with van der Waals surface area (Å²) >= 11 is 0. The molecule has 0 aliphatic heterocycles. The molecule has 4 nitrogen and oxygen atoms in total. The number of anilines is 1. The third-order valence-electron chi connectivity index (χ3n) is 2.29. The molecule has 2 aromatic rings. The molecule has 15 heavy (non-hydrogen) atoms. The van der Waals surface area contributed by atoms with Crippen molar-refractivity contribution in [2.75, 3.05) is 5.73 Å². The van der Waals surface area contributed by atoms with Gasteiger partial charge in [0.15, 0.2) is 0 Å². The average Bonchev–Trinajstić information content (AvgIpc) is 2.18. The Morgan fingerprint density at radius 1 is 1.40 bits per heavy atom. The van der Waals surface area contributed by atoms with Crippen LogP contribution < -0.4 is 11.3 Å². The molecule has 0 unspecified atom stereocenters. The normalized spacial score (nSPS) is 11.1. The molecule has 78 valence electrons. The first-order valence-corrected chi connectivity index (χ1v) is 4.87. The second-order valence-corrected chi connectivity index (χ2v) is 3.88. The average molecular weight is 203 g/mol. The van der Waals surface area contributed by atoms with Crippen LogP contribution in [0, 0.1) is 0 Å². The standard InChI is InChI=1S/C11H13N3O/c1-6(2)10-13-9-4-3-7(12)5-8(9)11(15)14-10/h3-6H,12H2,1-2H3,(H,13,14,15). The number of fused-ring (bicyclic) bond motifs is 1. The van der Waals surface area contributed by atoms with Crippen LogP contribution in [0.1, 0.15) is 25.6 Å². The maximum absolute atomic E-state index is 11.7. The second-order valence-electron chi connectivity index (χ2n) is 3.88. The zero-order valence-corrected chi connectivity index (χ0v) is 8.74. The van der Waals surface area contributed by atoms with Gasteiger partial charge in [-0.2, -0.15) is 0 Å². The number of hydrogen-bond acceptors (Lipinski definition) is 3. The van der Waals surface area contributed by atoms with Crippen LogP contribution in [-0.4, -0.2) is 9.97 Å². The number of nitrogens with two attached hydrogens (primary N) is 1. The molecular weight excluding hydrogens is 190 g/mol. The summed E-state index contributed by atoms with van der Waals surface area (Å²) in [6.07, 6.45) is 0. The monoisotopic (exact) mass is 203 g/mol. The summed E-state index contributed by atoms with van der Waals surface area (Å²) in [7, 11) is 0. The van der Waals surface area contributed by atoms with E-state index in [1.165, 1.54) is 0 Å². The number of H-pyrrole nitrogens is 1. The van der Waals surface area contributed by atoms with Crippen molar-refractivity contribution in [3.8, 4) is 0 Å². The highest BCUT2D eigenvalue weighted by atomic mass is 16.1. The first-order valence-electron chi connectivity index (χ1n) is 4.87. The lowest BCUT2D eigenvalue weighted by atomic mass is 10.2. The molecule has 0 fully saturated rings. The van der Waals surface area contributed by atoms with Crippen LogP contribution in [0.4, 0.5) is 5.69 Å². The molecule has 0 spiro atoms. The minimum atomic E-state index is -0.129. The zero-order chi connectivity index (χ0) is 11.0. The third-order valence-corrected chi connectivity index (χ3v) is 2.29. The summed E-state index contributed by atoms with van der Waals surface area (Å²) in [5.74, 6) is 0.914. The third kappa shape index (κ3) is 1.70. The van der Waals surface area contributed by atoms with Crippen LogP contribution in [0.15, 0.2) is 23.0 Å². The lowest BCUT2D eigenvalue weighted by molar-refractivity contribution is 0.776. The van der Waals surface area contributed by atoms with Gasteiger partial charge in [-0.3, -0.25) is 4.79 Å². The maximum atomic E-state index is 11.7. The molecule has 0 saturated heterocycles. The predicted octanol–water partition coefficient (Wildman–Crippen LogP) is 1.63. The van der Waals surface area contributed by atoms with Gasteiger partial charge in [-0.1, -0.05) is 13.8 Å². The van der Waals surface area contributed by atoms with Crippen molar-refractivity contribution < 1.29 is 0 Å². The first-order chi connectivity index (χ1) is 7.08. The molecule has 0 radical (unpaired) electrons. The molecular formula is C11H13N3O. The molecule has 1 aromatic heterocycles. The van der Waals surface area contributed by atoms with Crippen molar-refractivity contribution in [1.82, 2.24) is 9.97 Å². The van der Waals surface area contributed by atoms with Crippen molar-refractivity contribution >= 4 is 16.6 Å². The Bertz CT molecular complexity index is 557. The highest BCUT2D eigenvalue weighted by molar-refractivity contribution is 5.80. The van der Waals surface area contributed by atoms with Crippen LogP contribution in [-0.2, 0) is 0 Å². The molecule has 0 saturated carbocycles. The van der Waals surface area contributed by atoms with Gasteiger partial charge in [-0.15, -0.1) is 0 Å². The molecule has 0 aliphatic carbocycles. The number of aromatic amines is 1. The van der Waals surface area contributed by atoms with E-state index < -0.39 is 0 Å². The lowest BCUT2D eigenvalue weighted by Gasteiger charge is -2.05. The largest absolute Gasteiger partial charge is 0.399 e. The zero-order valence-electron chi connectivity index (χ0n) is 8.74. The summed E-state index contributed by atoms with van der Waals surface area (Å²) in [6.45, 7) is 3.98. The minimum absolute atomic E-state index is 0.129. The molecule has 3 N–H and O–H groups in total. The fraction of sp³-hybridized carbons (Fsp3) is 0.273. The Morgan fingerprint density at radius 2 is 2.13 bits per heavy atom. The molecule has 0 atom stereocenters. The van der Waals surface area contributed by atoms with E-state index in [0.29, 0.717) is 22.4 Å². The van der Waals surface area contributed by atoms with Crippen LogP contribution in [0.3, 0.4) is 0 Å². The number of nitrogens with zero attached hydrogens (tertiary/aromatic N) is 1. The maximum Gasteiger partial charge on any atom is 0.258 e. The van der Waals surface area contributed by atoms with E-state index >= 15 is 0 Å². The fourth-order valence-corrected chi connectivity index (χ4v) is 1.45. The molecule has 4 heteroatoms. The van der Waals surface area contributed by atoms with Gasteiger partial charge in [-0.05, 0) is 18.2 Å². The predicted molar refractivity (Wildman–Crippen MR) is 60.9 cm³/mol. The van der Waals surface area contributed by atoms with E-state index in [9.17, 15) is 4.79 Å². The molecule has 2 rings (SSSR count). The number of aromatic nitrogens is 2. The quantitative estimate of drug-likeness (QED) is 0.692. The molecule has 0 amide bonds. The van der Waals surface area contributed by atoms with Gasteiger partial charge in [0.1, 0.15) is 5.82 Å². The van der Waals surface area contributed by atoms with Crippen molar-refractivity contribution in [1.29, 1.82) is 0 Å². The SMILES string of the molecule is CC(C)c1nc2ccc(N)cc2c(=O)[nH]1. The fourth-order valence-electron chi connectivity index (χ4n) is 1.45. The Kier molecular flexibility index (Phi) is 2.19. The molecule has 1 heterocycles. The van der Waals surface area contributed by atoms with Crippen molar-refractivity contribution in [3.05, 3.63) is 34.4 Å².